The lowest BCUT2D eigenvalue weighted by Crippen LogP contribution is -2.23. The zero-order valence-corrected chi connectivity index (χ0v) is 17.1. The lowest BCUT2D eigenvalue weighted by molar-refractivity contribution is -0.116. The topological polar surface area (TPSA) is 79.9 Å². The molecule has 0 aliphatic rings. The van der Waals surface area contributed by atoms with Gasteiger partial charge in [0.05, 0.1) is 18.0 Å². The molecule has 0 saturated carbocycles. The van der Waals surface area contributed by atoms with E-state index in [-0.39, 0.29) is 5.57 Å². The summed E-state index contributed by atoms with van der Waals surface area (Å²) < 4.78 is 7.40. The van der Waals surface area contributed by atoms with Crippen molar-refractivity contribution in [1.29, 1.82) is 5.26 Å². The van der Waals surface area contributed by atoms with E-state index in [0.29, 0.717) is 24.4 Å². The monoisotopic (exact) mass is 400 g/mol. The number of nitriles is 1. The molecular formula is C24H24N4O2. The van der Waals surface area contributed by atoms with E-state index < -0.39 is 5.91 Å². The van der Waals surface area contributed by atoms with Crippen LogP contribution in [0.15, 0.2) is 66.4 Å². The van der Waals surface area contributed by atoms with Gasteiger partial charge in [-0.3, -0.25) is 4.79 Å². The normalized spacial score (nSPS) is 11.0. The van der Waals surface area contributed by atoms with Gasteiger partial charge in [-0.05, 0) is 55.8 Å². The molecule has 0 bridgehead atoms. The van der Waals surface area contributed by atoms with Gasteiger partial charge < -0.3 is 10.1 Å². The predicted octanol–water partition coefficient (Wildman–Crippen LogP) is 4.37. The average Bonchev–Trinajstić information content (AvgIpc) is 3.21. The zero-order chi connectivity index (χ0) is 21.3. The van der Waals surface area contributed by atoms with Crippen molar-refractivity contribution < 1.29 is 9.53 Å². The van der Waals surface area contributed by atoms with Gasteiger partial charge in [-0.15, -0.1) is 0 Å². The molecule has 6 heteroatoms. The Balaban J connectivity index is 2.05. The van der Waals surface area contributed by atoms with E-state index in [1.54, 1.807) is 10.8 Å². The molecule has 0 radical (unpaired) electrons. The highest BCUT2D eigenvalue weighted by molar-refractivity contribution is 6.02. The molecule has 0 spiro atoms. The van der Waals surface area contributed by atoms with Gasteiger partial charge in [-0.2, -0.15) is 10.4 Å². The highest BCUT2D eigenvalue weighted by atomic mass is 16.5. The van der Waals surface area contributed by atoms with Crippen molar-refractivity contribution in [2.24, 2.45) is 0 Å². The lowest BCUT2D eigenvalue weighted by Gasteiger charge is -2.06. The molecule has 1 amide bonds. The Labute approximate surface area is 176 Å². The highest BCUT2D eigenvalue weighted by Crippen LogP contribution is 2.27. The van der Waals surface area contributed by atoms with Crippen LogP contribution in [0.25, 0.3) is 23.0 Å². The van der Waals surface area contributed by atoms with Crippen LogP contribution in [-0.2, 0) is 4.79 Å². The average molecular weight is 400 g/mol. The maximum atomic E-state index is 12.2. The standard InChI is InChI=1S/C24H24N4O2/c1-3-14-30-22-12-10-18(11-13-22)23-20(15-19(16-25)24(29)26-4-2)17-28(27-23)21-8-6-5-7-9-21/h5-13,15,17H,3-4,14H2,1-2H3,(H,26,29). The molecule has 1 aromatic heterocycles. The van der Waals surface area contributed by atoms with E-state index in [9.17, 15) is 10.1 Å². The highest BCUT2D eigenvalue weighted by Gasteiger charge is 2.15. The fraction of sp³-hybridized carbons (Fsp3) is 0.208. The number of nitrogens with one attached hydrogen (secondary N) is 1. The number of aromatic nitrogens is 2. The summed E-state index contributed by atoms with van der Waals surface area (Å²) in [5.41, 5.74) is 3.15. The van der Waals surface area contributed by atoms with Gasteiger partial charge in [0, 0.05) is 23.9 Å². The minimum Gasteiger partial charge on any atom is -0.494 e. The summed E-state index contributed by atoms with van der Waals surface area (Å²) in [6.45, 7) is 4.99. The van der Waals surface area contributed by atoms with Crippen molar-refractivity contribution in [2.45, 2.75) is 20.3 Å². The van der Waals surface area contributed by atoms with E-state index in [2.05, 4.69) is 12.2 Å². The Bertz CT molecular complexity index is 1060. The minimum absolute atomic E-state index is 0.0358. The number of para-hydroxylation sites is 1. The largest absolute Gasteiger partial charge is 0.494 e. The summed E-state index contributed by atoms with van der Waals surface area (Å²) in [6.07, 6.45) is 4.34. The fourth-order valence-corrected chi connectivity index (χ4v) is 2.92. The second-order valence-corrected chi connectivity index (χ2v) is 6.62. The first-order valence-electron chi connectivity index (χ1n) is 9.94. The molecule has 1 N–H and O–H groups in total. The van der Waals surface area contributed by atoms with Crippen LogP contribution in [0.4, 0.5) is 0 Å². The summed E-state index contributed by atoms with van der Waals surface area (Å²) in [5.74, 6) is 0.391. The number of likely N-dealkylation sites (N-methyl/N-ethyl adjacent to an activating group) is 1. The second-order valence-electron chi connectivity index (χ2n) is 6.62. The number of amides is 1. The zero-order valence-electron chi connectivity index (χ0n) is 17.1. The summed E-state index contributed by atoms with van der Waals surface area (Å²) in [6, 6.07) is 19.3. The first kappa shape index (κ1) is 20.9. The van der Waals surface area contributed by atoms with Crippen molar-refractivity contribution in [3.63, 3.8) is 0 Å². The van der Waals surface area contributed by atoms with Crippen LogP contribution in [0, 0.1) is 11.3 Å². The molecule has 152 valence electrons. The van der Waals surface area contributed by atoms with Gasteiger partial charge in [0.2, 0.25) is 0 Å². The number of rotatable bonds is 8. The van der Waals surface area contributed by atoms with Crippen LogP contribution in [0.3, 0.4) is 0 Å². The van der Waals surface area contributed by atoms with Gasteiger partial charge in [0.25, 0.3) is 5.91 Å². The molecule has 30 heavy (non-hydrogen) atoms. The molecule has 1 heterocycles. The summed E-state index contributed by atoms with van der Waals surface area (Å²) in [7, 11) is 0. The van der Waals surface area contributed by atoms with Gasteiger partial charge in [0.1, 0.15) is 17.4 Å². The van der Waals surface area contributed by atoms with Crippen molar-refractivity contribution in [2.75, 3.05) is 13.2 Å². The molecule has 0 aliphatic heterocycles. The van der Waals surface area contributed by atoms with E-state index in [1.807, 2.05) is 73.8 Å². The van der Waals surface area contributed by atoms with Crippen molar-refractivity contribution in [1.82, 2.24) is 15.1 Å². The van der Waals surface area contributed by atoms with E-state index >= 15 is 0 Å². The van der Waals surface area contributed by atoms with Crippen molar-refractivity contribution >= 4 is 12.0 Å². The predicted molar refractivity (Wildman–Crippen MR) is 117 cm³/mol. The van der Waals surface area contributed by atoms with Crippen LogP contribution < -0.4 is 10.1 Å². The third-order valence-corrected chi connectivity index (χ3v) is 4.37. The third kappa shape index (κ3) is 4.95. The van der Waals surface area contributed by atoms with Crippen molar-refractivity contribution in [3.8, 4) is 28.8 Å². The first-order chi connectivity index (χ1) is 14.7. The van der Waals surface area contributed by atoms with Crippen LogP contribution in [0.2, 0.25) is 0 Å². The van der Waals surface area contributed by atoms with Gasteiger partial charge in [-0.25, -0.2) is 4.68 Å². The lowest BCUT2D eigenvalue weighted by atomic mass is 10.1. The SMILES string of the molecule is CCCOc1ccc(-c2nn(-c3ccccc3)cc2C=C(C#N)C(=O)NCC)cc1. The molecule has 0 unspecified atom stereocenters. The number of hydrogen-bond acceptors (Lipinski definition) is 4. The molecule has 0 atom stereocenters. The molecule has 0 aliphatic carbocycles. The number of benzene rings is 2. The van der Waals surface area contributed by atoms with Crippen LogP contribution >= 0.6 is 0 Å². The Kier molecular flexibility index (Phi) is 7.01. The molecule has 3 aromatic rings. The van der Waals surface area contributed by atoms with Crippen LogP contribution in [0.1, 0.15) is 25.8 Å². The Morgan fingerprint density at radius 1 is 1.17 bits per heavy atom. The number of hydrogen-bond donors (Lipinski definition) is 1. The van der Waals surface area contributed by atoms with Crippen LogP contribution in [0.5, 0.6) is 5.75 Å². The Morgan fingerprint density at radius 3 is 2.53 bits per heavy atom. The maximum Gasteiger partial charge on any atom is 0.261 e. The second kappa shape index (κ2) is 10.1. The summed E-state index contributed by atoms with van der Waals surface area (Å²) >= 11 is 0. The Morgan fingerprint density at radius 2 is 1.90 bits per heavy atom. The number of ether oxygens (including phenoxy) is 1. The minimum atomic E-state index is -0.401. The molecule has 0 fully saturated rings. The molecular weight excluding hydrogens is 376 g/mol. The third-order valence-electron chi connectivity index (χ3n) is 4.37. The first-order valence-corrected chi connectivity index (χ1v) is 9.94. The van der Waals surface area contributed by atoms with Crippen molar-refractivity contribution in [3.05, 3.63) is 71.9 Å². The quantitative estimate of drug-likeness (QED) is 0.450. The molecule has 3 rings (SSSR count). The van der Waals surface area contributed by atoms with Gasteiger partial charge >= 0.3 is 0 Å². The van der Waals surface area contributed by atoms with E-state index in [1.165, 1.54) is 0 Å². The smallest absolute Gasteiger partial charge is 0.261 e. The van der Waals surface area contributed by atoms with Crippen LogP contribution in [-0.4, -0.2) is 28.8 Å². The summed E-state index contributed by atoms with van der Waals surface area (Å²) in [4.78, 5) is 12.2. The number of nitrogens with zero attached hydrogens (tertiary/aromatic N) is 3. The summed E-state index contributed by atoms with van der Waals surface area (Å²) in [5, 5.41) is 16.9. The molecule has 6 nitrogen and oxygen atoms in total. The number of carbonyl (C=O) groups excluding carboxylic acids is 1. The molecule has 0 saturated heterocycles. The van der Waals surface area contributed by atoms with Gasteiger partial charge in [0.15, 0.2) is 0 Å². The fourth-order valence-electron chi connectivity index (χ4n) is 2.92. The molecule has 2 aromatic carbocycles. The maximum absolute atomic E-state index is 12.2. The number of carbonyl (C=O) groups is 1. The van der Waals surface area contributed by atoms with E-state index in [0.717, 1.165) is 23.4 Å². The Hall–Kier alpha value is -3.85. The van der Waals surface area contributed by atoms with E-state index in [4.69, 9.17) is 9.84 Å². The van der Waals surface area contributed by atoms with Gasteiger partial charge in [-0.1, -0.05) is 25.1 Å².